The quantitative estimate of drug-likeness (QED) is 0.802. The number of fused-ring (bicyclic) bond motifs is 1. The molecule has 3 aromatic heterocycles. The van der Waals surface area contributed by atoms with Crippen molar-refractivity contribution in [1.82, 2.24) is 14.5 Å². The maximum absolute atomic E-state index is 12.1. The SMILES string of the molecule is O=C(Cn1cnc2sccc2c1=O)Nc1ccc(Cl)cn1. The molecule has 0 aliphatic rings. The summed E-state index contributed by atoms with van der Waals surface area (Å²) in [5, 5.41) is 5.38. The second kappa shape index (κ2) is 5.63. The number of anilines is 1. The van der Waals surface area contributed by atoms with Crippen molar-refractivity contribution >= 4 is 44.9 Å². The number of hydrogen-bond donors (Lipinski definition) is 1. The molecule has 106 valence electrons. The van der Waals surface area contributed by atoms with E-state index in [1.54, 1.807) is 23.6 Å². The van der Waals surface area contributed by atoms with Crippen LogP contribution in [-0.4, -0.2) is 20.4 Å². The van der Waals surface area contributed by atoms with E-state index >= 15 is 0 Å². The lowest BCUT2D eigenvalue weighted by molar-refractivity contribution is -0.116. The Balaban J connectivity index is 1.78. The van der Waals surface area contributed by atoms with Gasteiger partial charge in [-0.3, -0.25) is 14.2 Å². The molecule has 0 fully saturated rings. The van der Waals surface area contributed by atoms with Crippen LogP contribution < -0.4 is 10.9 Å². The van der Waals surface area contributed by atoms with Crippen molar-refractivity contribution in [3.8, 4) is 0 Å². The number of rotatable bonds is 3. The molecule has 0 saturated heterocycles. The average molecular weight is 321 g/mol. The van der Waals surface area contributed by atoms with E-state index in [-0.39, 0.29) is 18.0 Å². The van der Waals surface area contributed by atoms with Crippen molar-refractivity contribution in [2.24, 2.45) is 0 Å². The number of nitrogens with one attached hydrogen (secondary N) is 1. The van der Waals surface area contributed by atoms with Crippen LogP contribution in [-0.2, 0) is 11.3 Å². The number of nitrogens with zero attached hydrogens (tertiary/aromatic N) is 3. The van der Waals surface area contributed by atoms with E-state index in [2.05, 4.69) is 15.3 Å². The molecule has 8 heteroatoms. The van der Waals surface area contributed by atoms with Crippen LogP contribution in [0.1, 0.15) is 0 Å². The maximum atomic E-state index is 12.1. The number of aromatic nitrogens is 3. The zero-order chi connectivity index (χ0) is 14.8. The zero-order valence-electron chi connectivity index (χ0n) is 10.6. The predicted octanol–water partition coefficient (Wildman–Crippen LogP) is 2.15. The monoisotopic (exact) mass is 320 g/mol. The number of carbonyl (C=O) groups is 1. The van der Waals surface area contributed by atoms with Gasteiger partial charge < -0.3 is 5.32 Å². The highest BCUT2D eigenvalue weighted by molar-refractivity contribution is 7.16. The summed E-state index contributed by atoms with van der Waals surface area (Å²) in [6.45, 7) is -0.123. The summed E-state index contributed by atoms with van der Waals surface area (Å²) in [6.07, 6.45) is 2.80. The van der Waals surface area contributed by atoms with Gasteiger partial charge >= 0.3 is 0 Å². The zero-order valence-corrected chi connectivity index (χ0v) is 12.2. The topological polar surface area (TPSA) is 76.9 Å². The minimum Gasteiger partial charge on any atom is -0.309 e. The Labute approximate surface area is 128 Å². The predicted molar refractivity (Wildman–Crippen MR) is 81.8 cm³/mol. The third-order valence-corrected chi connectivity index (χ3v) is 3.80. The summed E-state index contributed by atoms with van der Waals surface area (Å²) in [7, 11) is 0. The Morgan fingerprint density at radius 1 is 1.33 bits per heavy atom. The summed E-state index contributed by atoms with van der Waals surface area (Å²) in [5.74, 6) is 0.0188. The molecule has 1 N–H and O–H groups in total. The van der Waals surface area contributed by atoms with Crippen molar-refractivity contribution < 1.29 is 4.79 Å². The van der Waals surface area contributed by atoms with E-state index in [1.807, 2.05) is 0 Å². The highest BCUT2D eigenvalue weighted by atomic mass is 35.5. The van der Waals surface area contributed by atoms with E-state index in [4.69, 9.17) is 11.6 Å². The van der Waals surface area contributed by atoms with Crippen LogP contribution in [0.2, 0.25) is 5.02 Å². The molecule has 0 aliphatic carbocycles. The highest BCUT2D eigenvalue weighted by Gasteiger charge is 2.09. The Kier molecular flexibility index (Phi) is 3.68. The van der Waals surface area contributed by atoms with Gasteiger partial charge in [0, 0.05) is 6.20 Å². The van der Waals surface area contributed by atoms with Crippen molar-refractivity contribution in [3.05, 3.63) is 51.5 Å². The molecule has 0 aliphatic heterocycles. The summed E-state index contributed by atoms with van der Waals surface area (Å²) < 4.78 is 1.26. The molecule has 0 bridgehead atoms. The number of halogens is 1. The largest absolute Gasteiger partial charge is 0.309 e. The molecule has 3 aromatic rings. The lowest BCUT2D eigenvalue weighted by atomic mass is 10.4. The van der Waals surface area contributed by atoms with Gasteiger partial charge in [-0.1, -0.05) is 11.6 Å². The summed E-state index contributed by atoms with van der Waals surface area (Å²) in [4.78, 5) is 32.8. The Morgan fingerprint density at radius 2 is 2.19 bits per heavy atom. The van der Waals surface area contributed by atoms with E-state index in [1.165, 1.54) is 28.4 Å². The Hall–Kier alpha value is -2.25. The average Bonchev–Trinajstić information content (AvgIpc) is 2.94. The first-order chi connectivity index (χ1) is 10.1. The normalized spacial score (nSPS) is 10.7. The van der Waals surface area contributed by atoms with Crippen LogP contribution in [0.4, 0.5) is 5.82 Å². The first-order valence-corrected chi connectivity index (χ1v) is 7.23. The van der Waals surface area contributed by atoms with Gasteiger partial charge in [0.25, 0.3) is 5.56 Å². The van der Waals surface area contributed by atoms with E-state index in [0.717, 1.165) is 0 Å². The minimum atomic E-state index is -0.358. The molecule has 1 amide bonds. The fraction of sp³-hybridized carbons (Fsp3) is 0.0769. The van der Waals surface area contributed by atoms with Gasteiger partial charge in [0.1, 0.15) is 17.2 Å². The van der Waals surface area contributed by atoms with Crippen LogP contribution in [0.3, 0.4) is 0 Å². The maximum Gasteiger partial charge on any atom is 0.262 e. The molecule has 21 heavy (non-hydrogen) atoms. The number of hydrogen-bond acceptors (Lipinski definition) is 5. The Bertz CT molecular complexity index is 856. The molecule has 6 nitrogen and oxygen atoms in total. The van der Waals surface area contributed by atoms with Crippen LogP contribution >= 0.6 is 22.9 Å². The molecular formula is C13H9ClN4O2S. The number of carbonyl (C=O) groups excluding carboxylic acids is 1. The number of amides is 1. The molecule has 0 aromatic carbocycles. The standard InChI is InChI=1S/C13H9ClN4O2S/c14-8-1-2-10(15-5-8)17-11(19)6-18-7-16-12-9(13(18)20)3-4-21-12/h1-5,7H,6H2,(H,15,17,19). The molecule has 0 saturated carbocycles. The van der Waals surface area contributed by atoms with Gasteiger partial charge in [-0.2, -0.15) is 0 Å². The summed E-state index contributed by atoms with van der Waals surface area (Å²) in [5.41, 5.74) is -0.236. The third kappa shape index (κ3) is 2.93. The third-order valence-electron chi connectivity index (χ3n) is 2.76. The molecule has 3 heterocycles. The Morgan fingerprint density at radius 3 is 2.95 bits per heavy atom. The summed E-state index contributed by atoms with van der Waals surface area (Å²) in [6, 6.07) is 4.91. The van der Waals surface area contributed by atoms with Crippen molar-refractivity contribution in [2.45, 2.75) is 6.54 Å². The lowest BCUT2D eigenvalue weighted by Crippen LogP contribution is -2.27. The number of thiophene rings is 1. The van der Waals surface area contributed by atoms with Crippen molar-refractivity contribution in [2.75, 3.05) is 5.32 Å². The van der Waals surface area contributed by atoms with Crippen molar-refractivity contribution in [1.29, 1.82) is 0 Å². The molecule has 3 rings (SSSR count). The van der Waals surface area contributed by atoms with E-state index in [9.17, 15) is 9.59 Å². The van der Waals surface area contributed by atoms with E-state index in [0.29, 0.717) is 21.1 Å². The highest BCUT2D eigenvalue weighted by Crippen LogP contribution is 2.13. The van der Waals surface area contributed by atoms with Gasteiger partial charge in [0.2, 0.25) is 5.91 Å². The molecule has 0 radical (unpaired) electrons. The second-order valence-electron chi connectivity index (χ2n) is 4.23. The molecular weight excluding hydrogens is 312 g/mol. The smallest absolute Gasteiger partial charge is 0.262 e. The van der Waals surface area contributed by atoms with Crippen LogP contribution in [0.15, 0.2) is 40.9 Å². The van der Waals surface area contributed by atoms with Gasteiger partial charge in [-0.15, -0.1) is 11.3 Å². The summed E-state index contributed by atoms with van der Waals surface area (Å²) >= 11 is 7.10. The van der Waals surface area contributed by atoms with Gasteiger partial charge in [-0.05, 0) is 23.6 Å². The minimum absolute atomic E-state index is 0.123. The molecule has 0 spiro atoms. The van der Waals surface area contributed by atoms with Crippen LogP contribution in [0.25, 0.3) is 10.2 Å². The van der Waals surface area contributed by atoms with Gasteiger partial charge in [0.05, 0.1) is 16.7 Å². The van der Waals surface area contributed by atoms with Crippen LogP contribution in [0.5, 0.6) is 0 Å². The lowest BCUT2D eigenvalue weighted by Gasteiger charge is -2.06. The van der Waals surface area contributed by atoms with Gasteiger partial charge in [0.15, 0.2) is 0 Å². The van der Waals surface area contributed by atoms with Crippen molar-refractivity contribution in [3.63, 3.8) is 0 Å². The second-order valence-corrected chi connectivity index (χ2v) is 5.56. The van der Waals surface area contributed by atoms with Crippen LogP contribution in [0, 0.1) is 0 Å². The fourth-order valence-electron chi connectivity index (χ4n) is 1.79. The van der Waals surface area contributed by atoms with Gasteiger partial charge in [-0.25, -0.2) is 9.97 Å². The fourth-order valence-corrected chi connectivity index (χ4v) is 2.63. The number of pyridine rings is 1. The molecule has 0 unspecified atom stereocenters. The first-order valence-electron chi connectivity index (χ1n) is 5.97. The van der Waals surface area contributed by atoms with E-state index < -0.39 is 0 Å². The first kappa shape index (κ1) is 13.7. The molecule has 0 atom stereocenters.